The van der Waals surface area contributed by atoms with Gasteiger partial charge in [-0.25, -0.2) is 4.39 Å². The molecule has 0 saturated heterocycles. The summed E-state index contributed by atoms with van der Waals surface area (Å²) in [7, 11) is 1.60. The van der Waals surface area contributed by atoms with E-state index in [2.05, 4.69) is 15.6 Å². The first-order valence-electron chi connectivity index (χ1n) is 7.63. The van der Waals surface area contributed by atoms with E-state index in [0.29, 0.717) is 31.2 Å². The fourth-order valence-corrected chi connectivity index (χ4v) is 2.69. The normalized spacial score (nSPS) is 12.3. The van der Waals surface area contributed by atoms with Gasteiger partial charge in [0.1, 0.15) is 5.82 Å². The van der Waals surface area contributed by atoms with Crippen LogP contribution in [0.2, 0.25) is 0 Å². The highest BCUT2D eigenvalue weighted by Gasteiger charge is 2.25. The first-order chi connectivity index (χ1) is 11.4. The van der Waals surface area contributed by atoms with Crippen molar-refractivity contribution in [2.45, 2.75) is 37.7 Å². The lowest BCUT2D eigenvalue weighted by molar-refractivity contribution is -0.135. The van der Waals surface area contributed by atoms with Gasteiger partial charge in [-0.1, -0.05) is 6.07 Å². The van der Waals surface area contributed by atoms with E-state index in [4.69, 9.17) is 0 Å². The summed E-state index contributed by atoms with van der Waals surface area (Å²) in [6, 6.07) is 4.65. The SMILES string of the molecule is CN=C(NCCCCC(F)(F)F)NCc1ccc(F)cc1CSC. The molecular formula is C16H23F4N3S. The minimum Gasteiger partial charge on any atom is -0.356 e. The van der Waals surface area contributed by atoms with Crippen molar-refractivity contribution in [2.75, 3.05) is 19.8 Å². The monoisotopic (exact) mass is 365 g/mol. The number of halogens is 4. The maximum atomic E-state index is 13.3. The van der Waals surface area contributed by atoms with E-state index >= 15 is 0 Å². The van der Waals surface area contributed by atoms with Gasteiger partial charge in [0.2, 0.25) is 0 Å². The number of hydrogen-bond donors (Lipinski definition) is 2. The Morgan fingerprint density at radius 1 is 1.17 bits per heavy atom. The maximum absolute atomic E-state index is 13.3. The van der Waals surface area contributed by atoms with Crippen molar-refractivity contribution in [2.24, 2.45) is 4.99 Å². The van der Waals surface area contributed by atoms with Crippen molar-refractivity contribution in [3.05, 3.63) is 35.1 Å². The Morgan fingerprint density at radius 2 is 1.92 bits per heavy atom. The molecule has 0 spiro atoms. The predicted molar refractivity (Wildman–Crippen MR) is 91.7 cm³/mol. The van der Waals surface area contributed by atoms with Crippen molar-refractivity contribution in [1.82, 2.24) is 10.6 Å². The molecule has 0 fully saturated rings. The molecule has 0 amide bonds. The fraction of sp³-hybridized carbons (Fsp3) is 0.562. The Bertz CT molecular complexity index is 533. The summed E-state index contributed by atoms with van der Waals surface area (Å²) in [5, 5.41) is 6.08. The zero-order valence-corrected chi connectivity index (χ0v) is 14.7. The number of nitrogens with zero attached hydrogens (tertiary/aromatic N) is 1. The van der Waals surface area contributed by atoms with Crippen LogP contribution < -0.4 is 10.6 Å². The molecule has 1 aromatic rings. The van der Waals surface area contributed by atoms with Crippen LogP contribution in [0.15, 0.2) is 23.2 Å². The van der Waals surface area contributed by atoms with Gasteiger partial charge >= 0.3 is 6.18 Å². The Kier molecular flexibility index (Phi) is 8.95. The van der Waals surface area contributed by atoms with Gasteiger partial charge in [-0.3, -0.25) is 4.99 Å². The van der Waals surface area contributed by atoms with Gasteiger partial charge in [-0.05, 0) is 42.4 Å². The second-order valence-corrected chi connectivity index (χ2v) is 6.14. The number of thioether (sulfide) groups is 1. The molecule has 0 saturated carbocycles. The molecule has 8 heteroatoms. The Labute approximate surface area is 144 Å². The van der Waals surface area contributed by atoms with Gasteiger partial charge in [-0.2, -0.15) is 24.9 Å². The summed E-state index contributed by atoms with van der Waals surface area (Å²) in [5.74, 6) is 0.953. The average molecular weight is 365 g/mol. The molecule has 0 aromatic heterocycles. The quantitative estimate of drug-likeness (QED) is 0.315. The standard InChI is InChI=1S/C16H23F4N3S/c1-21-15(22-8-4-3-7-16(18,19)20)23-10-12-5-6-14(17)9-13(12)11-24-2/h5-6,9H,3-4,7-8,10-11H2,1-2H3,(H2,21,22,23). The highest BCUT2D eigenvalue weighted by atomic mass is 32.2. The van der Waals surface area contributed by atoms with E-state index in [-0.39, 0.29) is 12.2 Å². The van der Waals surface area contributed by atoms with E-state index < -0.39 is 12.6 Å². The molecule has 1 aromatic carbocycles. The minimum atomic E-state index is -4.10. The lowest BCUT2D eigenvalue weighted by Gasteiger charge is -2.14. The highest BCUT2D eigenvalue weighted by molar-refractivity contribution is 7.97. The Hall–Kier alpha value is -1.44. The van der Waals surface area contributed by atoms with Gasteiger partial charge in [-0.15, -0.1) is 0 Å². The summed E-state index contributed by atoms with van der Waals surface area (Å²) in [4.78, 5) is 4.04. The molecule has 1 rings (SSSR count). The molecule has 3 nitrogen and oxygen atoms in total. The second kappa shape index (κ2) is 10.4. The third kappa shape index (κ3) is 8.42. The van der Waals surface area contributed by atoms with Crippen molar-refractivity contribution in [1.29, 1.82) is 0 Å². The highest BCUT2D eigenvalue weighted by Crippen LogP contribution is 2.21. The van der Waals surface area contributed by atoms with Gasteiger partial charge < -0.3 is 10.6 Å². The minimum absolute atomic E-state index is 0.0866. The number of unbranched alkanes of at least 4 members (excludes halogenated alkanes) is 1. The van der Waals surface area contributed by atoms with E-state index in [1.807, 2.05) is 6.26 Å². The molecule has 2 N–H and O–H groups in total. The fourth-order valence-electron chi connectivity index (χ4n) is 2.11. The molecule has 0 aliphatic heterocycles. The number of aliphatic imine (C=N–C) groups is 1. The van der Waals surface area contributed by atoms with Gasteiger partial charge in [0, 0.05) is 32.3 Å². The van der Waals surface area contributed by atoms with E-state index in [1.165, 1.54) is 12.1 Å². The summed E-state index contributed by atoms with van der Waals surface area (Å²) in [6.07, 6.45) is -2.42. The van der Waals surface area contributed by atoms with Crippen LogP contribution in [0, 0.1) is 5.82 Å². The van der Waals surface area contributed by atoms with E-state index in [9.17, 15) is 17.6 Å². The summed E-state index contributed by atoms with van der Waals surface area (Å²) in [5.41, 5.74) is 1.88. The molecule has 0 atom stereocenters. The molecule has 0 radical (unpaired) electrons. The summed E-state index contributed by atoms with van der Waals surface area (Å²) < 4.78 is 49.5. The molecule has 0 aliphatic rings. The maximum Gasteiger partial charge on any atom is 0.389 e. The third-order valence-corrected chi connectivity index (χ3v) is 3.92. The van der Waals surface area contributed by atoms with Crippen LogP contribution in [0.3, 0.4) is 0 Å². The first-order valence-corrected chi connectivity index (χ1v) is 9.02. The number of hydrogen-bond acceptors (Lipinski definition) is 2. The molecule has 24 heavy (non-hydrogen) atoms. The predicted octanol–water partition coefficient (Wildman–Crippen LogP) is 4.09. The van der Waals surface area contributed by atoms with Crippen molar-refractivity contribution >= 4 is 17.7 Å². The van der Waals surface area contributed by atoms with Crippen LogP contribution in [-0.2, 0) is 12.3 Å². The van der Waals surface area contributed by atoms with Crippen molar-refractivity contribution < 1.29 is 17.6 Å². The number of benzene rings is 1. The van der Waals surface area contributed by atoms with Crippen LogP contribution in [0.25, 0.3) is 0 Å². The van der Waals surface area contributed by atoms with E-state index in [0.717, 1.165) is 11.1 Å². The number of alkyl halides is 3. The number of guanidine groups is 1. The largest absolute Gasteiger partial charge is 0.389 e. The second-order valence-electron chi connectivity index (χ2n) is 5.27. The summed E-state index contributed by atoms with van der Waals surface area (Å²) in [6.45, 7) is 0.884. The topological polar surface area (TPSA) is 36.4 Å². The van der Waals surface area contributed by atoms with Crippen LogP contribution in [0.1, 0.15) is 30.4 Å². The molecular weight excluding hydrogens is 342 g/mol. The van der Waals surface area contributed by atoms with Crippen LogP contribution in [0.4, 0.5) is 17.6 Å². The lowest BCUT2D eigenvalue weighted by atomic mass is 10.1. The Morgan fingerprint density at radius 3 is 2.54 bits per heavy atom. The van der Waals surface area contributed by atoms with Crippen LogP contribution in [-0.4, -0.2) is 32.0 Å². The molecule has 0 heterocycles. The van der Waals surface area contributed by atoms with E-state index in [1.54, 1.807) is 24.9 Å². The first kappa shape index (κ1) is 20.6. The molecule has 0 aliphatic carbocycles. The Balaban J connectivity index is 2.42. The molecule has 0 unspecified atom stereocenters. The number of nitrogens with one attached hydrogen (secondary N) is 2. The molecule has 0 bridgehead atoms. The zero-order valence-electron chi connectivity index (χ0n) is 13.8. The van der Waals surface area contributed by atoms with Crippen LogP contribution in [0.5, 0.6) is 0 Å². The smallest absolute Gasteiger partial charge is 0.356 e. The van der Waals surface area contributed by atoms with Crippen molar-refractivity contribution in [3.8, 4) is 0 Å². The van der Waals surface area contributed by atoms with Crippen LogP contribution >= 0.6 is 11.8 Å². The molecule has 136 valence electrons. The summed E-state index contributed by atoms with van der Waals surface area (Å²) >= 11 is 1.61. The van der Waals surface area contributed by atoms with Gasteiger partial charge in [0.05, 0.1) is 0 Å². The van der Waals surface area contributed by atoms with Crippen molar-refractivity contribution in [3.63, 3.8) is 0 Å². The van der Waals surface area contributed by atoms with Gasteiger partial charge in [0.25, 0.3) is 0 Å². The zero-order chi connectivity index (χ0) is 18.0. The van der Waals surface area contributed by atoms with Gasteiger partial charge in [0.15, 0.2) is 5.96 Å². The average Bonchev–Trinajstić information content (AvgIpc) is 2.50. The lowest BCUT2D eigenvalue weighted by Crippen LogP contribution is -2.37. The number of rotatable bonds is 8. The third-order valence-electron chi connectivity index (χ3n) is 3.32.